The Kier molecular flexibility index (Phi) is 10.5. The van der Waals surface area contributed by atoms with Gasteiger partial charge in [0.15, 0.2) is 0 Å². The molecule has 42 heavy (non-hydrogen) atoms. The van der Waals surface area contributed by atoms with Crippen LogP contribution in [0.15, 0.2) is 130 Å². The second kappa shape index (κ2) is 14.6. The second-order valence-electron chi connectivity index (χ2n) is 8.99. The van der Waals surface area contributed by atoms with E-state index in [0.717, 1.165) is 8.95 Å². The average molecular weight is 928 g/mol. The van der Waals surface area contributed by atoms with Gasteiger partial charge in [-0.3, -0.25) is 0 Å². The Balaban J connectivity index is 1.21. The zero-order valence-electron chi connectivity index (χ0n) is 21.9. The van der Waals surface area contributed by atoms with Gasteiger partial charge in [0.25, 0.3) is 0 Å². The summed E-state index contributed by atoms with van der Waals surface area (Å²) in [5, 5.41) is 5.31. The molecule has 202 valence electrons. The van der Waals surface area contributed by atoms with Crippen LogP contribution in [0.1, 0.15) is 0 Å². The van der Waals surface area contributed by atoms with Crippen LogP contribution in [0.4, 0.5) is 0 Å². The number of fused-ring (bicyclic) bond motifs is 2. The molecule has 0 aliphatic carbocycles. The van der Waals surface area contributed by atoms with Crippen LogP contribution in [0.2, 0.25) is 0 Å². The molecular weight excluding hydrogens is 908 g/mol. The molecule has 0 radical (unpaired) electrons. The van der Waals surface area contributed by atoms with Crippen LogP contribution < -0.4 is 26.8 Å². The Hall–Kier alpha value is -2.00. The van der Waals surface area contributed by atoms with E-state index >= 15 is 0 Å². The Morgan fingerprint density at radius 1 is 0.405 bits per heavy atom. The summed E-state index contributed by atoms with van der Waals surface area (Å²) in [4.78, 5) is 6.83. The first-order chi connectivity index (χ1) is 20.6. The van der Waals surface area contributed by atoms with Gasteiger partial charge in [0.2, 0.25) is 0 Å². The predicted molar refractivity (Wildman–Crippen MR) is 193 cm³/mol. The third kappa shape index (κ3) is 7.55. The van der Waals surface area contributed by atoms with Crippen molar-refractivity contribution in [2.45, 2.75) is 0 Å². The van der Waals surface area contributed by atoms with Crippen molar-refractivity contribution in [1.29, 1.82) is 0 Å². The summed E-state index contributed by atoms with van der Waals surface area (Å²) in [6, 6.07) is 43.9. The van der Waals surface area contributed by atoms with E-state index in [0.29, 0.717) is 0 Å². The molecule has 0 saturated carbocycles. The van der Waals surface area contributed by atoms with Crippen molar-refractivity contribution in [2.24, 2.45) is 0 Å². The Morgan fingerprint density at radius 2 is 0.762 bits per heavy atom. The minimum absolute atomic E-state index is 0.0346. The first-order valence-electron chi connectivity index (χ1n) is 12.9. The summed E-state index contributed by atoms with van der Waals surface area (Å²) in [6.07, 6.45) is 0. The van der Waals surface area contributed by atoms with Crippen molar-refractivity contribution >= 4 is 140 Å². The summed E-state index contributed by atoms with van der Waals surface area (Å²) in [6.45, 7) is 0. The van der Waals surface area contributed by atoms with E-state index in [1.54, 1.807) is 0 Å². The number of benzene rings is 6. The van der Waals surface area contributed by atoms with Crippen molar-refractivity contribution < 1.29 is 0 Å². The molecule has 0 heterocycles. The summed E-state index contributed by atoms with van der Waals surface area (Å²) in [5.74, 6) is 6.37. The van der Waals surface area contributed by atoms with Gasteiger partial charge in [-0.2, -0.15) is 0 Å². The van der Waals surface area contributed by atoms with Crippen LogP contribution in [0.25, 0.3) is 21.5 Å². The standard InChI is InChI=1S/C36H20Br2Se4/c37-27-15-19-29(20-16-27)41-33-13-5-9-25-7-3-11-31(35(25)33)39-23-1-2-24-40-32-12-4-8-26-10-6-14-34(36(26)32)42-30-21-17-28(38)18-22-30/h3-22H. The van der Waals surface area contributed by atoms with Crippen molar-refractivity contribution in [2.75, 3.05) is 0 Å². The van der Waals surface area contributed by atoms with Crippen molar-refractivity contribution in [3.63, 3.8) is 0 Å². The molecule has 0 unspecified atom stereocenters. The molecule has 0 amide bonds. The first kappa shape index (κ1) is 30.0. The molecule has 6 aromatic carbocycles. The van der Waals surface area contributed by atoms with Gasteiger partial charge in [-0.25, -0.2) is 0 Å². The van der Waals surface area contributed by atoms with Crippen LogP contribution in [0.3, 0.4) is 0 Å². The van der Waals surface area contributed by atoms with E-state index in [1.165, 1.54) is 48.3 Å². The molecule has 0 aliphatic rings. The number of rotatable bonds is 6. The molecule has 0 atom stereocenters. The second-order valence-corrected chi connectivity index (χ2v) is 19.1. The normalized spacial score (nSPS) is 10.6. The molecule has 0 spiro atoms. The molecule has 0 aromatic heterocycles. The van der Waals surface area contributed by atoms with Gasteiger partial charge in [0.1, 0.15) is 0 Å². The maximum atomic E-state index is 3.55. The van der Waals surface area contributed by atoms with Gasteiger partial charge in [0, 0.05) is 0 Å². The molecular formula is C36H20Br2Se4. The third-order valence-electron chi connectivity index (χ3n) is 6.23. The van der Waals surface area contributed by atoms with Crippen LogP contribution in [0, 0.1) is 21.5 Å². The molecule has 0 bridgehead atoms. The molecule has 6 aromatic rings. The van der Waals surface area contributed by atoms with E-state index < -0.39 is 0 Å². The number of hydrogen-bond acceptors (Lipinski definition) is 0. The zero-order valence-corrected chi connectivity index (χ0v) is 32.0. The topological polar surface area (TPSA) is 0 Å². The fourth-order valence-corrected chi connectivity index (χ4v) is 12.6. The monoisotopic (exact) mass is 930 g/mol. The van der Waals surface area contributed by atoms with E-state index in [4.69, 9.17) is 0 Å². The fourth-order valence-electron chi connectivity index (χ4n) is 4.36. The van der Waals surface area contributed by atoms with E-state index in [2.05, 4.69) is 175 Å². The van der Waals surface area contributed by atoms with E-state index in [-0.39, 0.29) is 59.8 Å². The first-order valence-corrected chi connectivity index (χ1v) is 21.3. The fraction of sp³-hybridized carbons (Fsp3) is 0. The molecule has 0 fully saturated rings. The quantitative estimate of drug-likeness (QED) is 0.175. The molecule has 0 N–H and O–H groups in total. The number of hydrogen-bond donors (Lipinski definition) is 0. The van der Waals surface area contributed by atoms with Gasteiger partial charge >= 0.3 is 292 Å². The molecule has 0 nitrogen and oxygen atoms in total. The molecule has 0 aliphatic heterocycles. The average Bonchev–Trinajstić information content (AvgIpc) is 3.01. The van der Waals surface area contributed by atoms with Crippen LogP contribution in [-0.2, 0) is 0 Å². The van der Waals surface area contributed by atoms with Crippen LogP contribution in [0.5, 0.6) is 0 Å². The van der Waals surface area contributed by atoms with Gasteiger partial charge in [-0.1, -0.05) is 0 Å². The van der Waals surface area contributed by atoms with Gasteiger partial charge in [0.05, 0.1) is 0 Å². The summed E-state index contributed by atoms with van der Waals surface area (Å²) >= 11 is 7.64. The van der Waals surface area contributed by atoms with E-state index in [1.807, 2.05) is 0 Å². The Morgan fingerprint density at radius 3 is 1.14 bits per heavy atom. The van der Waals surface area contributed by atoms with Crippen LogP contribution in [-0.4, -0.2) is 59.8 Å². The molecule has 0 saturated heterocycles. The van der Waals surface area contributed by atoms with Gasteiger partial charge in [-0.15, -0.1) is 0 Å². The minimum atomic E-state index is 0.0346. The van der Waals surface area contributed by atoms with Gasteiger partial charge in [-0.05, 0) is 0 Å². The molecule has 6 heteroatoms. The molecule has 6 rings (SSSR count). The number of halogens is 2. The van der Waals surface area contributed by atoms with E-state index in [9.17, 15) is 0 Å². The van der Waals surface area contributed by atoms with Crippen molar-refractivity contribution in [1.82, 2.24) is 0 Å². The zero-order chi connectivity index (χ0) is 28.7. The summed E-state index contributed by atoms with van der Waals surface area (Å²) in [5.41, 5.74) is 0. The summed E-state index contributed by atoms with van der Waals surface area (Å²) < 4.78 is 10.5. The summed E-state index contributed by atoms with van der Waals surface area (Å²) in [7, 11) is 0. The maximum absolute atomic E-state index is 3.55. The van der Waals surface area contributed by atoms with Gasteiger partial charge < -0.3 is 0 Å². The third-order valence-corrected chi connectivity index (χ3v) is 15.0. The predicted octanol–water partition coefficient (Wildman–Crippen LogP) is 4.11. The Bertz CT molecular complexity index is 1850. The Labute approximate surface area is 288 Å². The SMILES string of the molecule is Brc1ccc([Se]c2cccc3cccc([Se]C#CC#C[Se]c4cccc5cccc([Se]c6ccc(Br)cc6)c45)c23)cc1. The van der Waals surface area contributed by atoms with Crippen molar-refractivity contribution in [3.8, 4) is 21.5 Å². The van der Waals surface area contributed by atoms with Crippen LogP contribution >= 0.6 is 31.9 Å². The van der Waals surface area contributed by atoms with Crippen molar-refractivity contribution in [3.05, 3.63) is 130 Å².